The van der Waals surface area contributed by atoms with Crippen molar-refractivity contribution in [1.82, 2.24) is 5.48 Å². The highest BCUT2D eigenvalue weighted by atomic mass is 79.9. The zero-order chi connectivity index (χ0) is 12.3. The summed E-state index contributed by atoms with van der Waals surface area (Å²) in [5.74, 6) is -0.956. The molecule has 7 heteroatoms. The van der Waals surface area contributed by atoms with Crippen molar-refractivity contribution in [2.45, 2.75) is 17.1 Å². The van der Waals surface area contributed by atoms with Crippen LogP contribution in [0.4, 0.5) is 0 Å². The molecule has 1 aromatic rings. The van der Waals surface area contributed by atoms with E-state index in [1.54, 1.807) is 12.1 Å². The summed E-state index contributed by atoms with van der Waals surface area (Å²) in [6.07, 6.45) is 0. The van der Waals surface area contributed by atoms with E-state index in [4.69, 9.17) is 5.21 Å². The van der Waals surface area contributed by atoms with E-state index in [1.165, 1.54) is 24.5 Å². The summed E-state index contributed by atoms with van der Waals surface area (Å²) < 4.78 is 24.5. The van der Waals surface area contributed by atoms with Crippen molar-refractivity contribution < 1.29 is 18.4 Å². The maximum Gasteiger partial charge on any atom is 0.261 e. The minimum absolute atomic E-state index is 0.0341. The largest absolute Gasteiger partial charge is 0.289 e. The molecule has 1 aromatic carbocycles. The number of sulfone groups is 1. The van der Waals surface area contributed by atoms with Crippen LogP contribution in [0.2, 0.25) is 0 Å². The molecule has 5 nitrogen and oxygen atoms in total. The van der Waals surface area contributed by atoms with E-state index < -0.39 is 21.0 Å². The Bertz CT molecular complexity index is 483. The predicted octanol–water partition coefficient (Wildman–Crippen LogP) is 1.12. The minimum atomic E-state index is -3.76. The number of hydrogen-bond acceptors (Lipinski definition) is 4. The predicted molar refractivity (Wildman–Crippen MR) is 60.7 cm³/mol. The Kier molecular flexibility index (Phi) is 4.06. The molecule has 0 heterocycles. The standard InChI is InChI=1S/C9H10BrNO4S/c1-6(9(12)11-13)16(14,15)8-4-2-7(10)3-5-8/h2-6,13H,1H3,(H,11,12). The Balaban J connectivity index is 3.12. The number of carbonyl (C=O) groups excluding carboxylic acids is 1. The summed E-state index contributed by atoms with van der Waals surface area (Å²) in [4.78, 5) is 11.1. The van der Waals surface area contributed by atoms with Crippen molar-refractivity contribution in [3.8, 4) is 0 Å². The van der Waals surface area contributed by atoms with E-state index in [0.717, 1.165) is 4.47 Å². The third kappa shape index (κ3) is 2.60. The van der Waals surface area contributed by atoms with E-state index in [-0.39, 0.29) is 4.90 Å². The fourth-order valence-electron chi connectivity index (χ4n) is 1.06. The van der Waals surface area contributed by atoms with Crippen LogP contribution in [0.25, 0.3) is 0 Å². The molecule has 1 atom stereocenters. The summed E-state index contributed by atoms with van der Waals surface area (Å²) in [5.41, 5.74) is 1.32. The molecule has 0 aliphatic carbocycles. The van der Waals surface area contributed by atoms with Crippen LogP contribution in [0.1, 0.15) is 6.92 Å². The molecule has 0 aliphatic rings. The molecule has 0 saturated heterocycles. The van der Waals surface area contributed by atoms with Crippen LogP contribution in [0.5, 0.6) is 0 Å². The average Bonchev–Trinajstić information content (AvgIpc) is 2.27. The molecule has 1 unspecified atom stereocenters. The Hall–Kier alpha value is -0.920. The second-order valence-corrected chi connectivity index (χ2v) is 6.30. The molecule has 0 fully saturated rings. The van der Waals surface area contributed by atoms with Gasteiger partial charge in [-0.05, 0) is 31.2 Å². The second kappa shape index (κ2) is 4.94. The number of hydroxylamine groups is 1. The number of rotatable bonds is 3. The van der Waals surface area contributed by atoms with Crippen LogP contribution in [0, 0.1) is 0 Å². The number of hydrogen-bond donors (Lipinski definition) is 2. The zero-order valence-corrected chi connectivity index (χ0v) is 10.7. The lowest BCUT2D eigenvalue weighted by Crippen LogP contribution is -2.36. The second-order valence-electron chi connectivity index (χ2n) is 3.12. The maximum atomic E-state index is 11.9. The fourth-order valence-corrected chi connectivity index (χ4v) is 2.58. The van der Waals surface area contributed by atoms with Gasteiger partial charge in [0.05, 0.1) is 4.90 Å². The summed E-state index contributed by atoms with van der Waals surface area (Å²) >= 11 is 3.18. The zero-order valence-electron chi connectivity index (χ0n) is 8.34. The van der Waals surface area contributed by atoms with Crippen molar-refractivity contribution >= 4 is 31.7 Å². The maximum absolute atomic E-state index is 11.9. The van der Waals surface area contributed by atoms with Crippen LogP contribution in [-0.4, -0.2) is 24.8 Å². The molecule has 0 radical (unpaired) electrons. The van der Waals surface area contributed by atoms with Crippen LogP contribution in [-0.2, 0) is 14.6 Å². The van der Waals surface area contributed by atoms with Crippen molar-refractivity contribution in [3.05, 3.63) is 28.7 Å². The summed E-state index contributed by atoms with van der Waals surface area (Å²) in [6, 6.07) is 5.91. The molecular formula is C9H10BrNO4S. The summed E-state index contributed by atoms with van der Waals surface area (Å²) in [7, 11) is -3.76. The van der Waals surface area contributed by atoms with Gasteiger partial charge in [-0.2, -0.15) is 0 Å². The molecule has 0 bridgehead atoms. The third-order valence-electron chi connectivity index (χ3n) is 2.09. The van der Waals surface area contributed by atoms with E-state index >= 15 is 0 Å². The van der Waals surface area contributed by atoms with Crippen molar-refractivity contribution in [3.63, 3.8) is 0 Å². The monoisotopic (exact) mass is 307 g/mol. The highest BCUT2D eigenvalue weighted by Crippen LogP contribution is 2.19. The molecule has 0 aliphatic heterocycles. The van der Waals surface area contributed by atoms with Crippen LogP contribution in [0.15, 0.2) is 33.6 Å². The highest BCUT2D eigenvalue weighted by molar-refractivity contribution is 9.10. The Morgan fingerprint density at radius 2 is 1.88 bits per heavy atom. The van der Waals surface area contributed by atoms with Gasteiger partial charge >= 0.3 is 0 Å². The van der Waals surface area contributed by atoms with Gasteiger partial charge in [0.15, 0.2) is 9.84 Å². The molecule has 0 aromatic heterocycles. The van der Waals surface area contributed by atoms with Gasteiger partial charge in [-0.1, -0.05) is 15.9 Å². The van der Waals surface area contributed by atoms with Crippen LogP contribution >= 0.6 is 15.9 Å². The minimum Gasteiger partial charge on any atom is -0.289 e. The number of benzene rings is 1. The lowest BCUT2D eigenvalue weighted by Gasteiger charge is -2.10. The van der Waals surface area contributed by atoms with Gasteiger partial charge in [-0.25, -0.2) is 13.9 Å². The van der Waals surface area contributed by atoms with Gasteiger partial charge < -0.3 is 0 Å². The molecule has 2 N–H and O–H groups in total. The molecular weight excluding hydrogens is 298 g/mol. The van der Waals surface area contributed by atoms with E-state index in [1.807, 2.05) is 0 Å². The first-order valence-corrected chi connectivity index (χ1v) is 6.67. The first-order valence-electron chi connectivity index (χ1n) is 4.33. The van der Waals surface area contributed by atoms with Gasteiger partial charge in [-0.3, -0.25) is 10.0 Å². The van der Waals surface area contributed by atoms with Gasteiger partial charge in [0, 0.05) is 4.47 Å². The van der Waals surface area contributed by atoms with Gasteiger partial charge in [0.1, 0.15) is 5.25 Å². The number of halogens is 1. The fraction of sp³-hybridized carbons (Fsp3) is 0.222. The number of amides is 1. The van der Waals surface area contributed by atoms with Crippen molar-refractivity contribution in [2.75, 3.05) is 0 Å². The Morgan fingerprint density at radius 1 is 1.38 bits per heavy atom. The van der Waals surface area contributed by atoms with Gasteiger partial charge in [0.2, 0.25) is 0 Å². The first kappa shape index (κ1) is 13.1. The molecule has 88 valence electrons. The lowest BCUT2D eigenvalue weighted by atomic mass is 10.4. The molecule has 0 saturated carbocycles. The molecule has 1 amide bonds. The van der Waals surface area contributed by atoms with E-state index in [2.05, 4.69) is 15.9 Å². The number of carbonyl (C=O) groups is 1. The summed E-state index contributed by atoms with van der Waals surface area (Å²) in [5, 5.41) is 7.05. The van der Waals surface area contributed by atoms with E-state index in [0.29, 0.717) is 0 Å². The average molecular weight is 308 g/mol. The lowest BCUT2D eigenvalue weighted by molar-refractivity contribution is -0.128. The SMILES string of the molecule is CC(C(=O)NO)S(=O)(=O)c1ccc(Br)cc1. The van der Waals surface area contributed by atoms with Crippen molar-refractivity contribution in [2.24, 2.45) is 0 Å². The smallest absolute Gasteiger partial charge is 0.261 e. The topological polar surface area (TPSA) is 83.5 Å². The summed E-state index contributed by atoms with van der Waals surface area (Å²) in [6.45, 7) is 1.21. The Morgan fingerprint density at radius 3 is 2.31 bits per heavy atom. The molecule has 1 rings (SSSR count). The van der Waals surface area contributed by atoms with Crippen LogP contribution < -0.4 is 5.48 Å². The Labute approximate surface area is 101 Å². The van der Waals surface area contributed by atoms with E-state index in [9.17, 15) is 13.2 Å². The van der Waals surface area contributed by atoms with Gasteiger partial charge in [0.25, 0.3) is 5.91 Å². The quantitative estimate of drug-likeness (QED) is 0.647. The highest BCUT2D eigenvalue weighted by Gasteiger charge is 2.29. The first-order chi connectivity index (χ1) is 7.39. The number of nitrogens with one attached hydrogen (secondary N) is 1. The molecule has 0 spiro atoms. The van der Waals surface area contributed by atoms with Gasteiger partial charge in [-0.15, -0.1) is 0 Å². The third-order valence-corrected chi connectivity index (χ3v) is 4.69. The van der Waals surface area contributed by atoms with Crippen LogP contribution in [0.3, 0.4) is 0 Å². The van der Waals surface area contributed by atoms with Crippen molar-refractivity contribution in [1.29, 1.82) is 0 Å². The normalized spacial score (nSPS) is 13.2. The molecule has 16 heavy (non-hydrogen) atoms.